The lowest BCUT2D eigenvalue weighted by Crippen LogP contribution is -2.21. The quantitative estimate of drug-likeness (QED) is 0.0372. The van der Waals surface area contributed by atoms with Crippen molar-refractivity contribution in [2.45, 2.75) is 170 Å². The number of halogens is 4. The third-order valence-corrected chi connectivity index (χ3v) is 18.2. The molecule has 4 nitrogen and oxygen atoms in total. The van der Waals surface area contributed by atoms with E-state index in [9.17, 15) is 9.59 Å². The molecular weight excluding hydrogens is 991 g/mol. The molecule has 12 heteroatoms. The van der Waals surface area contributed by atoms with Crippen molar-refractivity contribution < 1.29 is 27.8 Å². The van der Waals surface area contributed by atoms with Crippen molar-refractivity contribution in [1.82, 2.24) is 0 Å². The molecule has 4 rings (SSSR count). The number of esters is 2. The first kappa shape index (κ1) is 53.2. The summed E-state index contributed by atoms with van der Waals surface area (Å²) in [6, 6.07) is 6.25. The van der Waals surface area contributed by atoms with Crippen molar-refractivity contribution in [2.75, 3.05) is 13.2 Å². The summed E-state index contributed by atoms with van der Waals surface area (Å²) in [4.78, 5) is 30.0. The number of thiophene rings is 4. The minimum atomic E-state index is -0.564. The molecule has 0 aromatic carbocycles. The van der Waals surface area contributed by atoms with Crippen molar-refractivity contribution in [2.24, 2.45) is 23.7 Å². The van der Waals surface area contributed by atoms with E-state index in [0.717, 1.165) is 94.5 Å². The van der Waals surface area contributed by atoms with Gasteiger partial charge in [-0.05, 0) is 92.6 Å². The summed E-state index contributed by atoms with van der Waals surface area (Å²) < 4.78 is 45.4. The molecule has 0 radical (unpaired) electrons. The van der Waals surface area contributed by atoms with Gasteiger partial charge in [0.2, 0.25) is 0 Å². The summed E-state index contributed by atoms with van der Waals surface area (Å²) >= 11 is 12.0. The van der Waals surface area contributed by atoms with Crippen molar-refractivity contribution in [3.8, 4) is 29.3 Å². The van der Waals surface area contributed by atoms with Gasteiger partial charge in [-0.3, -0.25) is 0 Å². The summed E-state index contributed by atoms with van der Waals surface area (Å²) in [5.41, 5.74) is 0.754. The Hall–Kier alpha value is -1.44. The molecule has 0 aliphatic heterocycles. The Morgan fingerprint density at radius 1 is 0.500 bits per heavy atom. The van der Waals surface area contributed by atoms with Crippen LogP contribution in [0, 0.1) is 35.3 Å². The first-order valence-electron chi connectivity index (χ1n) is 23.4. The van der Waals surface area contributed by atoms with Gasteiger partial charge < -0.3 is 9.47 Å². The molecule has 346 valence electrons. The van der Waals surface area contributed by atoms with Crippen LogP contribution in [0.15, 0.2) is 31.8 Å². The van der Waals surface area contributed by atoms with Crippen LogP contribution in [0.1, 0.15) is 191 Å². The maximum absolute atomic E-state index is 15.9. The highest BCUT2D eigenvalue weighted by atomic mass is 79.9. The molecule has 62 heavy (non-hydrogen) atoms. The molecule has 0 saturated carbocycles. The van der Waals surface area contributed by atoms with E-state index >= 15 is 8.78 Å². The van der Waals surface area contributed by atoms with E-state index in [1.54, 1.807) is 12.1 Å². The summed E-state index contributed by atoms with van der Waals surface area (Å²) in [6.07, 6.45) is 23.5. The predicted octanol–water partition coefficient (Wildman–Crippen LogP) is 19.4. The van der Waals surface area contributed by atoms with Crippen LogP contribution in [0.2, 0.25) is 0 Å². The van der Waals surface area contributed by atoms with Gasteiger partial charge in [0.25, 0.3) is 0 Å². The van der Waals surface area contributed by atoms with Gasteiger partial charge in [0.05, 0.1) is 51.4 Å². The van der Waals surface area contributed by atoms with Crippen LogP contribution in [0.25, 0.3) is 29.3 Å². The third-order valence-electron chi connectivity index (χ3n) is 12.2. The second-order valence-corrected chi connectivity index (χ2v) is 24.2. The molecule has 0 spiro atoms. The Kier molecular flexibility index (Phi) is 24.5. The van der Waals surface area contributed by atoms with E-state index < -0.39 is 23.6 Å². The topological polar surface area (TPSA) is 52.6 Å². The summed E-state index contributed by atoms with van der Waals surface area (Å²) in [6.45, 7) is 14.1. The van der Waals surface area contributed by atoms with Crippen LogP contribution in [0.4, 0.5) is 8.78 Å². The first-order chi connectivity index (χ1) is 29.9. The van der Waals surface area contributed by atoms with Crippen LogP contribution in [0.3, 0.4) is 0 Å². The highest BCUT2D eigenvalue weighted by Gasteiger charge is 2.28. The first-order valence-corrected chi connectivity index (χ1v) is 28.3. The fourth-order valence-electron chi connectivity index (χ4n) is 8.14. The van der Waals surface area contributed by atoms with Gasteiger partial charge in [-0.2, -0.15) is 0 Å². The molecule has 4 heterocycles. The average Bonchev–Trinajstić information content (AvgIpc) is 4.04. The average molecular weight is 1060 g/mol. The van der Waals surface area contributed by atoms with Crippen LogP contribution in [-0.2, 0) is 9.47 Å². The largest absolute Gasteiger partial charge is 0.462 e. The van der Waals surface area contributed by atoms with Crippen molar-refractivity contribution in [1.29, 1.82) is 0 Å². The second-order valence-electron chi connectivity index (χ2n) is 17.2. The molecule has 0 aliphatic carbocycles. The second kappa shape index (κ2) is 28.6. The molecule has 4 aromatic rings. The maximum atomic E-state index is 15.9. The number of hydrogen-bond acceptors (Lipinski definition) is 8. The highest BCUT2D eigenvalue weighted by Crippen LogP contribution is 2.49. The van der Waals surface area contributed by atoms with Crippen LogP contribution >= 0.6 is 77.2 Å². The molecule has 4 aromatic heterocycles. The lowest BCUT2D eigenvalue weighted by atomic mass is 9.86. The van der Waals surface area contributed by atoms with Gasteiger partial charge in [-0.15, -0.1) is 45.3 Å². The van der Waals surface area contributed by atoms with Crippen LogP contribution < -0.4 is 0 Å². The number of rotatable bonds is 31. The van der Waals surface area contributed by atoms with Crippen molar-refractivity contribution >= 4 is 89.1 Å². The third kappa shape index (κ3) is 16.5. The Morgan fingerprint density at radius 2 is 0.855 bits per heavy atom. The standard InChI is InChI=1S/C50H70Br2F2O4S4/c1-7-11-15-17-19-21-25-35(33(5)23-13-9-3)31-57-49(55)37-27-43(51)61-45(37)41-29-39(53)47(59-41)48-40(54)30-42(60-48)46-38(28-44(52)62-46)50(56)58-32-36(34(6)24-14-10-4)26-22-20-18-16-12-8-2/h27-30,33-36H,7-26,31-32H2,1-6H3. The number of unbranched alkanes of at least 4 members (excludes halogenated alkanes) is 12. The smallest absolute Gasteiger partial charge is 0.339 e. The fraction of sp³-hybridized carbons (Fsp3) is 0.640. The van der Waals surface area contributed by atoms with Crippen LogP contribution in [0.5, 0.6) is 0 Å². The van der Waals surface area contributed by atoms with E-state index in [0.29, 0.717) is 55.7 Å². The van der Waals surface area contributed by atoms with Gasteiger partial charge in [-0.25, -0.2) is 18.4 Å². The lowest BCUT2D eigenvalue weighted by Gasteiger charge is -2.24. The zero-order valence-electron chi connectivity index (χ0n) is 38.0. The number of hydrogen-bond donors (Lipinski definition) is 0. The molecular formula is C50H70Br2F2O4S4. The Bertz CT molecular complexity index is 1800. The Morgan fingerprint density at radius 3 is 1.23 bits per heavy atom. The zero-order valence-corrected chi connectivity index (χ0v) is 44.4. The van der Waals surface area contributed by atoms with Gasteiger partial charge in [0.1, 0.15) is 11.6 Å². The molecule has 0 bridgehead atoms. The van der Waals surface area contributed by atoms with Gasteiger partial charge >= 0.3 is 11.9 Å². The molecule has 4 atom stereocenters. The van der Waals surface area contributed by atoms with E-state index in [1.807, 2.05) is 0 Å². The number of carbonyl (C=O) groups excluding carboxylic acids is 2. The molecule has 4 unspecified atom stereocenters. The van der Waals surface area contributed by atoms with Gasteiger partial charge in [0, 0.05) is 9.75 Å². The molecule has 0 aliphatic rings. The van der Waals surface area contributed by atoms with E-state index in [-0.39, 0.29) is 21.6 Å². The molecule has 0 fully saturated rings. The van der Waals surface area contributed by atoms with E-state index in [2.05, 4.69) is 73.4 Å². The maximum Gasteiger partial charge on any atom is 0.339 e. The Balaban J connectivity index is 1.49. The van der Waals surface area contributed by atoms with Crippen LogP contribution in [-0.4, -0.2) is 25.2 Å². The summed E-state index contributed by atoms with van der Waals surface area (Å²) in [5, 5.41) is 0. The molecule has 0 saturated heterocycles. The predicted molar refractivity (Wildman–Crippen MR) is 270 cm³/mol. The minimum Gasteiger partial charge on any atom is -0.462 e. The lowest BCUT2D eigenvalue weighted by molar-refractivity contribution is 0.0372. The molecule has 0 amide bonds. The van der Waals surface area contributed by atoms with Crippen molar-refractivity contribution in [3.63, 3.8) is 0 Å². The highest BCUT2D eigenvalue weighted by molar-refractivity contribution is 9.11. The fourth-order valence-corrected chi connectivity index (χ4v) is 13.8. The summed E-state index contributed by atoms with van der Waals surface area (Å²) in [5.74, 6) is -0.535. The minimum absolute atomic E-state index is 0.152. The number of carbonyl (C=O) groups is 2. The summed E-state index contributed by atoms with van der Waals surface area (Å²) in [7, 11) is 0. The number of ether oxygens (including phenoxy) is 2. The monoisotopic (exact) mass is 1060 g/mol. The van der Waals surface area contributed by atoms with Crippen molar-refractivity contribution in [3.05, 3.63) is 54.6 Å². The zero-order chi connectivity index (χ0) is 45.0. The van der Waals surface area contributed by atoms with Gasteiger partial charge in [0.15, 0.2) is 0 Å². The normalized spacial score (nSPS) is 13.6. The van der Waals surface area contributed by atoms with E-state index in [4.69, 9.17) is 9.47 Å². The van der Waals surface area contributed by atoms with E-state index in [1.165, 1.54) is 99.0 Å². The SMILES string of the molecule is CCCCCCCCC(COC(=O)c1cc(Br)sc1-c1cc(F)c(-c2sc(-c3sc(Br)cc3C(=O)OCC(CCCCCCCC)C(C)CCCC)cc2F)s1)C(C)CCCC. The van der Waals surface area contributed by atoms with Gasteiger partial charge in [-0.1, -0.05) is 157 Å². The Labute approximate surface area is 404 Å². The molecule has 0 N–H and O–H groups in total.